The van der Waals surface area contributed by atoms with E-state index in [1.54, 1.807) is 11.8 Å². The van der Waals surface area contributed by atoms with Crippen LogP contribution >= 0.6 is 0 Å². The van der Waals surface area contributed by atoms with Gasteiger partial charge in [0.25, 0.3) is 5.91 Å². The highest BCUT2D eigenvalue weighted by Crippen LogP contribution is 2.19. The molecule has 1 unspecified atom stereocenters. The molecule has 0 aromatic heterocycles. The Bertz CT molecular complexity index is 524. The van der Waals surface area contributed by atoms with Gasteiger partial charge in [-0.2, -0.15) is 0 Å². The van der Waals surface area contributed by atoms with Gasteiger partial charge in [0.05, 0.1) is 5.56 Å². The number of likely N-dealkylation sites (tertiary alicyclic amines) is 1. The summed E-state index contributed by atoms with van der Waals surface area (Å²) in [5, 5.41) is 0. The van der Waals surface area contributed by atoms with E-state index in [0.29, 0.717) is 0 Å². The monoisotopic (exact) mass is 279 g/mol. The zero-order valence-corrected chi connectivity index (χ0v) is 11.7. The molecule has 0 radical (unpaired) electrons. The number of rotatable bonds is 4. The molecule has 0 saturated carbocycles. The minimum absolute atomic E-state index is 0.0240. The van der Waals surface area contributed by atoms with Gasteiger partial charge in [-0.1, -0.05) is 0 Å². The SMILES string of the molecule is CC(=O)c1ccc(OC(C)C(=O)N2CCCC2)cc1F. The molecule has 108 valence electrons. The Hall–Kier alpha value is -1.91. The van der Waals surface area contributed by atoms with Gasteiger partial charge in [0, 0.05) is 19.2 Å². The maximum atomic E-state index is 13.7. The van der Waals surface area contributed by atoms with Gasteiger partial charge in [0.2, 0.25) is 0 Å². The standard InChI is InChI=1S/C15H18FNO3/c1-10(18)13-6-5-12(9-14(13)16)20-11(2)15(19)17-7-3-4-8-17/h5-6,9,11H,3-4,7-8H2,1-2H3. The molecule has 5 heteroatoms. The van der Waals surface area contributed by atoms with Crippen LogP contribution in [0.3, 0.4) is 0 Å². The van der Waals surface area contributed by atoms with E-state index in [9.17, 15) is 14.0 Å². The van der Waals surface area contributed by atoms with Crippen molar-refractivity contribution in [3.63, 3.8) is 0 Å². The highest BCUT2D eigenvalue weighted by Gasteiger charge is 2.24. The summed E-state index contributed by atoms with van der Waals surface area (Å²) in [6, 6.07) is 4.03. The minimum Gasteiger partial charge on any atom is -0.481 e. The van der Waals surface area contributed by atoms with E-state index < -0.39 is 11.9 Å². The lowest BCUT2D eigenvalue weighted by molar-refractivity contribution is -0.136. The van der Waals surface area contributed by atoms with Gasteiger partial charge in [0.15, 0.2) is 11.9 Å². The summed E-state index contributed by atoms with van der Waals surface area (Å²) < 4.78 is 19.1. The maximum Gasteiger partial charge on any atom is 0.263 e. The van der Waals surface area contributed by atoms with Gasteiger partial charge in [-0.05, 0) is 38.8 Å². The first-order valence-electron chi connectivity index (χ1n) is 6.75. The van der Waals surface area contributed by atoms with E-state index in [2.05, 4.69) is 0 Å². The van der Waals surface area contributed by atoms with E-state index in [1.807, 2.05) is 0 Å². The van der Waals surface area contributed by atoms with E-state index in [-0.39, 0.29) is 23.0 Å². The molecule has 1 atom stereocenters. The molecule has 1 aliphatic heterocycles. The smallest absolute Gasteiger partial charge is 0.263 e. The summed E-state index contributed by atoms with van der Waals surface area (Å²) in [5.74, 6) is -0.794. The third-order valence-electron chi connectivity index (χ3n) is 3.40. The van der Waals surface area contributed by atoms with E-state index in [1.165, 1.54) is 19.1 Å². The van der Waals surface area contributed by atoms with Crippen molar-refractivity contribution in [2.45, 2.75) is 32.8 Å². The van der Waals surface area contributed by atoms with Crippen LogP contribution in [-0.2, 0) is 4.79 Å². The highest BCUT2D eigenvalue weighted by molar-refractivity contribution is 5.94. The van der Waals surface area contributed by atoms with Crippen LogP contribution in [0.1, 0.15) is 37.0 Å². The molecule has 1 aromatic rings. The van der Waals surface area contributed by atoms with Crippen molar-refractivity contribution in [3.05, 3.63) is 29.6 Å². The molecule has 0 N–H and O–H groups in total. The number of Topliss-reactive ketones (excluding diaryl/α,β-unsaturated/α-hetero) is 1. The Morgan fingerprint density at radius 1 is 1.30 bits per heavy atom. The van der Waals surface area contributed by atoms with Gasteiger partial charge in [-0.25, -0.2) is 4.39 Å². The molecule has 1 aliphatic rings. The average Bonchev–Trinajstić information content (AvgIpc) is 2.91. The van der Waals surface area contributed by atoms with Gasteiger partial charge < -0.3 is 9.64 Å². The van der Waals surface area contributed by atoms with Crippen molar-refractivity contribution >= 4 is 11.7 Å². The molecule has 1 saturated heterocycles. The number of ether oxygens (including phenoxy) is 1. The van der Waals surface area contributed by atoms with Gasteiger partial charge in [0.1, 0.15) is 11.6 Å². The van der Waals surface area contributed by atoms with Gasteiger partial charge >= 0.3 is 0 Å². The van der Waals surface area contributed by atoms with Crippen LogP contribution in [-0.4, -0.2) is 35.8 Å². The summed E-state index contributed by atoms with van der Waals surface area (Å²) >= 11 is 0. The van der Waals surface area contributed by atoms with E-state index in [4.69, 9.17) is 4.74 Å². The molecule has 20 heavy (non-hydrogen) atoms. The van der Waals surface area contributed by atoms with Crippen LogP contribution in [0.2, 0.25) is 0 Å². The van der Waals surface area contributed by atoms with Crippen molar-refractivity contribution in [2.24, 2.45) is 0 Å². The lowest BCUT2D eigenvalue weighted by Crippen LogP contribution is -2.38. The number of carbonyl (C=O) groups excluding carboxylic acids is 2. The lowest BCUT2D eigenvalue weighted by Gasteiger charge is -2.21. The Morgan fingerprint density at radius 2 is 1.95 bits per heavy atom. The minimum atomic E-state index is -0.657. The van der Waals surface area contributed by atoms with Crippen molar-refractivity contribution in [2.75, 3.05) is 13.1 Å². The fourth-order valence-corrected chi connectivity index (χ4v) is 2.30. The molecule has 1 amide bonds. The second-order valence-electron chi connectivity index (χ2n) is 4.99. The summed E-state index contributed by atoms with van der Waals surface area (Å²) in [7, 11) is 0. The van der Waals surface area contributed by atoms with Crippen molar-refractivity contribution in [3.8, 4) is 5.75 Å². The second-order valence-corrected chi connectivity index (χ2v) is 4.99. The Balaban J connectivity index is 2.04. The van der Waals surface area contributed by atoms with Crippen LogP contribution in [0, 0.1) is 5.82 Å². The highest BCUT2D eigenvalue weighted by atomic mass is 19.1. The molecule has 0 bridgehead atoms. The number of nitrogens with zero attached hydrogens (tertiary/aromatic N) is 1. The maximum absolute atomic E-state index is 13.7. The Morgan fingerprint density at radius 3 is 2.50 bits per heavy atom. The number of carbonyl (C=O) groups is 2. The second kappa shape index (κ2) is 6.03. The van der Waals surface area contributed by atoms with Crippen LogP contribution in [0.4, 0.5) is 4.39 Å². The topological polar surface area (TPSA) is 46.6 Å². The van der Waals surface area contributed by atoms with E-state index >= 15 is 0 Å². The predicted octanol–water partition coefficient (Wildman–Crippen LogP) is 2.42. The molecule has 1 fully saturated rings. The first-order chi connectivity index (χ1) is 9.49. The number of benzene rings is 1. The zero-order chi connectivity index (χ0) is 14.7. The lowest BCUT2D eigenvalue weighted by atomic mass is 10.1. The largest absolute Gasteiger partial charge is 0.481 e. The first-order valence-corrected chi connectivity index (χ1v) is 6.75. The zero-order valence-electron chi connectivity index (χ0n) is 11.7. The quantitative estimate of drug-likeness (QED) is 0.795. The van der Waals surface area contributed by atoms with Gasteiger partial charge in [-0.3, -0.25) is 9.59 Å². The first kappa shape index (κ1) is 14.5. The van der Waals surface area contributed by atoms with Crippen molar-refractivity contribution in [1.29, 1.82) is 0 Å². The van der Waals surface area contributed by atoms with Gasteiger partial charge in [-0.15, -0.1) is 0 Å². The summed E-state index contributed by atoms with van der Waals surface area (Å²) in [4.78, 5) is 25.0. The number of ketones is 1. The number of hydrogen-bond acceptors (Lipinski definition) is 3. The number of hydrogen-bond donors (Lipinski definition) is 0. The van der Waals surface area contributed by atoms with Crippen LogP contribution in [0.15, 0.2) is 18.2 Å². The van der Waals surface area contributed by atoms with Crippen molar-refractivity contribution in [1.82, 2.24) is 4.90 Å². The van der Waals surface area contributed by atoms with E-state index in [0.717, 1.165) is 32.0 Å². The summed E-state index contributed by atoms with van der Waals surface area (Å²) in [6.07, 6.45) is 1.37. The fourth-order valence-electron chi connectivity index (χ4n) is 2.30. The fraction of sp³-hybridized carbons (Fsp3) is 0.467. The molecule has 1 aromatic carbocycles. The summed E-state index contributed by atoms with van der Waals surface area (Å²) in [6.45, 7) is 4.46. The molecular weight excluding hydrogens is 261 g/mol. The predicted molar refractivity (Wildman–Crippen MR) is 72.3 cm³/mol. The normalized spacial score (nSPS) is 16.1. The summed E-state index contributed by atoms with van der Waals surface area (Å²) in [5.41, 5.74) is 0.0240. The van der Waals surface area contributed by atoms with Crippen molar-refractivity contribution < 1.29 is 18.7 Å². The Kier molecular flexibility index (Phi) is 4.37. The molecule has 2 rings (SSSR count). The third-order valence-corrected chi connectivity index (χ3v) is 3.40. The van der Waals surface area contributed by atoms with Crippen LogP contribution < -0.4 is 4.74 Å². The molecule has 0 aliphatic carbocycles. The Labute approximate surface area is 117 Å². The molecule has 4 nitrogen and oxygen atoms in total. The average molecular weight is 279 g/mol. The third kappa shape index (κ3) is 3.15. The van der Waals surface area contributed by atoms with Crippen LogP contribution in [0.5, 0.6) is 5.75 Å². The van der Waals surface area contributed by atoms with Crippen LogP contribution in [0.25, 0.3) is 0 Å². The molecule has 0 spiro atoms. The number of halogens is 1. The molecule has 1 heterocycles. The number of amides is 1. The molecular formula is C15H18FNO3.